The number of nitrogens with zero attached hydrogens (tertiary/aromatic N) is 2. The van der Waals surface area contributed by atoms with Crippen molar-refractivity contribution < 1.29 is 9.59 Å². The first-order chi connectivity index (χ1) is 14.3. The summed E-state index contributed by atoms with van der Waals surface area (Å²) in [5.74, 6) is -0.348. The molecular weight excluding hydrogens is 398 g/mol. The zero-order valence-corrected chi connectivity index (χ0v) is 18.4. The number of hydrogen-bond donors (Lipinski definition) is 1. The molecule has 2 amide bonds. The number of hydrogen-bond acceptors (Lipinski definition) is 3. The fourth-order valence-corrected chi connectivity index (χ4v) is 3.70. The lowest BCUT2D eigenvalue weighted by Gasteiger charge is -2.31. The minimum absolute atomic E-state index is 0.0869. The third-order valence-electron chi connectivity index (χ3n) is 5.42. The van der Waals surface area contributed by atoms with Gasteiger partial charge in [0.25, 0.3) is 5.91 Å². The smallest absolute Gasteiger partial charge is 0.255 e. The van der Waals surface area contributed by atoms with Gasteiger partial charge in [0.15, 0.2) is 0 Å². The molecule has 1 aliphatic heterocycles. The molecule has 1 N–H and O–H groups in total. The van der Waals surface area contributed by atoms with Gasteiger partial charge in [-0.05, 0) is 41.5 Å². The van der Waals surface area contributed by atoms with Gasteiger partial charge in [0.05, 0.1) is 16.8 Å². The van der Waals surface area contributed by atoms with Crippen LogP contribution in [0.3, 0.4) is 0 Å². The number of amides is 2. The number of rotatable bonds is 4. The second kappa shape index (κ2) is 9.43. The minimum Gasteiger partial charge on any atom is -0.339 e. The molecule has 0 atom stereocenters. The van der Waals surface area contributed by atoms with Crippen LogP contribution in [0.5, 0.6) is 0 Å². The van der Waals surface area contributed by atoms with Crippen LogP contribution in [0.25, 0.3) is 0 Å². The summed E-state index contributed by atoms with van der Waals surface area (Å²) in [6.07, 6.45) is 2.87. The van der Waals surface area contributed by atoms with Crippen LogP contribution in [0.2, 0.25) is 5.02 Å². The quantitative estimate of drug-likeness (QED) is 0.573. The van der Waals surface area contributed by atoms with Crippen LogP contribution in [0, 0.1) is 5.92 Å². The van der Waals surface area contributed by atoms with Gasteiger partial charge < -0.3 is 4.90 Å². The van der Waals surface area contributed by atoms with E-state index in [1.54, 1.807) is 35.4 Å². The van der Waals surface area contributed by atoms with E-state index in [-0.39, 0.29) is 23.1 Å². The number of carbonyl (C=O) groups excluding carboxylic acids is 2. The Morgan fingerprint density at radius 3 is 2.30 bits per heavy atom. The van der Waals surface area contributed by atoms with Crippen molar-refractivity contribution in [1.29, 1.82) is 0 Å². The van der Waals surface area contributed by atoms with E-state index in [4.69, 9.17) is 11.6 Å². The molecule has 2 aromatic carbocycles. The molecule has 0 bridgehead atoms. The molecule has 0 unspecified atom stereocenters. The van der Waals surface area contributed by atoms with Crippen LogP contribution in [0.15, 0.2) is 53.6 Å². The van der Waals surface area contributed by atoms with E-state index in [2.05, 4.69) is 43.4 Å². The standard InChI is InChI=1S/C24H28ClN3O2/c1-24(2,3)19-10-8-17(9-11-19)16-26-27-22(29)18-12-14-28(15-13-18)23(30)20-6-4-5-7-21(20)25/h4-11,16,18H,12-15H2,1-3H3,(H,27,29)/b26-16-. The van der Waals surface area contributed by atoms with E-state index in [1.165, 1.54) is 5.56 Å². The highest BCUT2D eigenvalue weighted by molar-refractivity contribution is 6.33. The molecule has 0 aromatic heterocycles. The van der Waals surface area contributed by atoms with Gasteiger partial charge in [-0.3, -0.25) is 9.59 Å². The zero-order chi connectivity index (χ0) is 21.7. The van der Waals surface area contributed by atoms with Crippen molar-refractivity contribution in [2.45, 2.75) is 39.0 Å². The Morgan fingerprint density at radius 1 is 1.07 bits per heavy atom. The largest absolute Gasteiger partial charge is 0.339 e. The van der Waals surface area contributed by atoms with Crippen LogP contribution in [-0.2, 0) is 10.2 Å². The van der Waals surface area contributed by atoms with E-state index in [0.717, 1.165) is 5.56 Å². The van der Waals surface area contributed by atoms with Crippen LogP contribution < -0.4 is 5.43 Å². The fourth-order valence-electron chi connectivity index (χ4n) is 3.48. The number of nitrogens with one attached hydrogen (secondary N) is 1. The monoisotopic (exact) mass is 425 g/mol. The number of halogens is 1. The molecule has 0 aliphatic carbocycles. The lowest BCUT2D eigenvalue weighted by molar-refractivity contribution is -0.126. The maximum atomic E-state index is 12.6. The van der Waals surface area contributed by atoms with Crippen molar-refractivity contribution >= 4 is 29.6 Å². The summed E-state index contributed by atoms with van der Waals surface area (Å²) < 4.78 is 0. The molecule has 1 heterocycles. The maximum Gasteiger partial charge on any atom is 0.255 e. The SMILES string of the molecule is CC(C)(C)c1ccc(/C=N\NC(=O)C2CCN(C(=O)c3ccccc3Cl)CC2)cc1. The average molecular weight is 426 g/mol. The Morgan fingerprint density at radius 2 is 1.70 bits per heavy atom. The molecule has 0 spiro atoms. The Bertz CT molecular complexity index is 924. The van der Waals surface area contributed by atoms with E-state index in [9.17, 15) is 9.59 Å². The second-order valence-electron chi connectivity index (χ2n) is 8.65. The Labute approximate surface area is 183 Å². The Kier molecular flexibility index (Phi) is 6.93. The normalized spacial score (nSPS) is 15.4. The van der Waals surface area contributed by atoms with Gasteiger partial charge in [-0.2, -0.15) is 5.10 Å². The van der Waals surface area contributed by atoms with E-state index in [1.807, 2.05) is 12.1 Å². The summed E-state index contributed by atoms with van der Waals surface area (Å²) in [6.45, 7) is 7.57. The molecule has 3 rings (SSSR count). The third-order valence-corrected chi connectivity index (χ3v) is 5.75. The van der Waals surface area contributed by atoms with Crippen molar-refractivity contribution in [1.82, 2.24) is 10.3 Å². The zero-order valence-electron chi connectivity index (χ0n) is 17.7. The Hall–Kier alpha value is -2.66. The van der Waals surface area contributed by atoms with Gasteiger partial charge in [0, 0.05) is 19.0 Å². The number of hydrazone groups is 1. The van der Waals surface area contributed by atoms with Gasteiger partial charge in [0.1, 0.15) is 0 Å². The van der Waals surface area contributed by atoms with Crippen molar-refractivity contribution in [2.24, 2.45) is 11.0 Å². The lowest BCUT2D eigenvalue weighted by atomic mass is 9.87. The highest BCUT2D eigenvalue weighted by Gasteiger charge is 2.28. The molecule has 30 heavy (non-hydrogen) atoms. The van der Waals surface area contributed by atoms with Crippen molar-refractivity contribution in [3.05, 3.63) is 70.2 Å². The summed E-state index contributed by atoms with van der Waals surface area (Å²) in [5.41, 5.74) is 5.43. The predicted molar refractivity (Wildman–Crippen MR) is 121 cm³/mol. The average Bonchev–Trinajstić information content (AvgIpc) is 2.73. The van der Waals surface area contributed by atoms with Crippen LogP contribution >= 0.6 is 11.6 Å². The third kappa shape index (κ3) is 5.48. The van der Waals surface area contributed by atoms with E-state index < -0.39 is 0 Å². The topological polar surface area (TPSA) is 61.8 Å². The maximum absolute atomic E-state index is 12.6. The first-order valence-electron chi connectivity index (χ1n) is 10.2. The first kappa shape index (κ1) is 22.0. The number of likely N-dealkylation sites (tertiary alicyclic amines) is 1. The number of carbonyl (C=O) groups is 2. The molecule has 0 saturated carbocycles. The highest BCUT2D eigenvalue weighted by Crippen LogP contribution is 2.23. The molecule has 1 aliphatic rings. The second-order valence-corrected chi connectivity index (χ2v) is 9.06. The number of benzene rings is 2. The molecule has 1 fully saturated rings. The van der Waals surface area contributed by atoms with Gasteiger partial charge in [-0.25, -0.2) is 5.43 Å². The molecule has 5 nitrogen and oxygen atoms in total. The van der Waals surface area contributed by atoms with Crippen LogP contribution in [-0.4, -0.2) is 36.0 Å². The van der Waals surface area contributed by atoms with Crippen LogP contribution in [0.4, 0.5) is 0 Å². The van der Waals surface area contributed by atoms with Gasteiger partial charge >= 0.3 is 0 Å². The summed E-state index contributed by atoms with van der Waals surface area (Å²) in [6, 6.07) is 15.2. The summed E-state index contributed by atoms with van der Waals surface area (Å²) in [4.78, 5) is 26.8. The van der Waals surface area contributed by atoms with Gasteiger partial charge in [-0.15, -0.1) is 0 Å². The predicted octanol–water partition coefficient (Wildman–Crippen LogP) is 4.64. The number of piperidine rings is 1. The fraction of sp³-hybridized carbons (Fsp3) is 0.375. The molecule has 0 radical (unpaired) electrons. The lowest BCUT2D eigenvalue weighted by Crippen LogP contribution is -2.42. The molecule has 6 heteroatoms. The summed E-state index contributed by atoms with van der Waals surface area (Å²) in [7, 11) is 0. The van der Waals surface area contributed by atoms with Gasteiger partial charge in [-0.1, -0.05) is 68.8 Å². The minimum atomic E-state index is -0.152. The summed E-state index contributed by atoms with van der Waals surface area (Å²) >= 11 is 6.13. The molecular formula is C24H28ClN3O2. The van der Waals surface area contributed by atoms with E-state index >= 15 is 0 Å². The molecule has 1 saturated heterocycles. The van der Waals surface area contributed by atoms with E-state index in [0.29, 0.717) is 36.5 Å². The molecule has 158 valence electrons. The Balaban J connectivity index is 1.49. The van der Waals surface area contributed by atoms with Crippen molar-refractivity contribution in [2.75, 3.05) is 13.1 Å². The van der Waals surface area contributed by atoms with Gasteiger partial charge in [0.2, 0.25) is 5.91 Å². The van der Waals surface area contributed by atoms with Crippen molar-refractivity contribution in [3.63, 3.8) is 0 Å². The van der Waals surface area contributed by atoms with Crippen molar-refractivity contribution in [3.8, 4) is 0 Å². The first-order valence-corrected chi connectivity index (χ1v) is 10.6. The van der Waals surface area contributed by atoms with Crippen LogP contribution in [0.1, 0.15) is 55.1 Å². The highest BCUT2D eigenvalue weighted by atomic mass is 35.5. The summed E-state index contributed by atoms with van der Waals surface area (Å²) in [5, 5.41) is 4.55. The molecule has 2 aromatic rings.